The molecule has 7 heteroatoms. The molecule has 1 saturated heterocycles. The van der Waals surface area contributed by atoms with Crippen molar-refractivity contribution in [3.05, 3.63) is 36.9 Å². The largest absolute Gasteiger partial charge is 0.339 e. The molecule has 2 heterocycles. The van der Waals surface area contributed by atoms with E-state index in [1.54, 1.807) is 11.8 Å². The van der Waals surface area contributed by atoms with E-state index < -0.39 is 0 Å². The van der Waals surface area contributed by atoms with Crippen LogP contribution in [0.1, 0.15) is 6.92 Å². The number of imidazole rings is 1. The number of hydrogen-bond acceptors (Lipinski definition) is 4. The molecule has 6 nitrogen and oxygen atoms in total. The number of hydrogen-bond donors (Lipinski definition) is 0. The Morgan fingerprint density at radius 2 is 1.88 bits per heavy atom. The Morgan fingerprint density at radius 3 is 2.56 bits per heavy atom. The molecule has 3 rings (SSSR count). The van der Waals surface area contributed by atoms with Crippen molar-refractivity contribution in [1.82, 2.24) is 19.4 Å². The fourth-order valence-electron chi connectivity index (χ4n) is 2.96. The van der Waals surface area contributed by atoms with Gasteiger partial charge in [0.05, 0.1) is 16.8 Å². The van der Waals surface area contributed by atoms with Gasteiger partial charge in [-0.2, -0.15) is 0 Å². The highest BCUT2D eigenvalue weighted by Crippen LogP contribution is 2.24. The average molecular weight is 358 g/mol. The number of carbonyl (C=O) groups is 2. The van der Waals surface area contributed by atoms with Gasteiger partial charge in [0.1, 0.15) is 0 Å². The number of aromatic nitrogens is 2. The molecular weight excluding hydrogens is 336 g/mol. The van der Waals surface area contributed by atoms with Crippen molar-refractivity contribution in [3.8, 4) is 0 Å². The number of para-hydroxylation sites is 2. The van der Waals surface area contributed by atoms with Crippen molar-refractivity contribution >= 4 is 34.6 Å². The first-order chi connectivity index (χ1) is 12.1. The maximum absolute atomic E-state index is 12.5. The molecule has 0 N–H and O–H groups in total. The molecule has 0 unspecified atom stereocenters. The van der Waals surface area contributed by atoms with Gasteiger partial charge in [-0.1, -0.05) is 30.0 Å². The smallest absolute Gasteiger partial charge is 0.233 e. The van der Waals surface area contributed by atoms with Gasteiger partial charge in [-0.3, -0.25) is 9.59 Å². The van der Waals surface area contributed by atoms with E-state index in [0.29, 0.717) is 38.5 Å². The van der Waals surface area contributed by atoms with Crippen LogP contribution >= 0.6 is 11.8 Å². The zero-order valence-electron chi connectivity index (χ0n) is 14.4. The van der Waals surface area contributed by atoms with E-state index in [4.69, 9.17) is 0 Å². The van der Waals surface area contributed by atoms with Gasteiger partial charge >= 0.3 is 0 Å². The van der Waals surface area contributed by atoms with E-state index in [-0.39, 0.29) is 11.8 Å². The van der Waals surface area contributed by atoms with Crippen LogP contribution in [0.5, 0.6) is 0 Å². The number of allylic oxidation sites excluding steroid dienone is 1. The number of thioether (sulfide) groups is 1. The van der Waals surface area contributed by atoms with Crippen molar-refractivity contribution < 1.29 is 9.59 Å². The number of carbonyl (C=O) groups excluding carboxylic acids is 2. The second-order valence-electron chi connectivity index (χ2n) is 5.96. The highest BCUT2D eigenvalue weighted by atomic mass is 32.2. The zero-order valence-corrected chi connectivity index (χ0v) is 15.2. The van der Waals surface area contributed by atoms with Crippen molar-refractivity contribution in [2.75, 3.05) is 31.9 Å². The summed E-state index contributed by atoms with van der Waals surface area (Å²) in [6.45, 7) is 8.46. The quantitative estimate of drug-likeness (QED) is 0.606. The minimum atomic E-state index is 0.0691. The summed E-state index contributed by atoms with van der Waals surface area (Å²) in [5, 5.41) is 0.830. The standard InChI is InChI=1S/C18H22N4O2S/c1-3-8-22-16-7-5-4-6-15(16)19-18(22)25-13-17(24)21-11-9-20(10-12-21)14(2)23/h3-7H,1,8-13H2,2H3. The predicted octanol–water partition coefficient (Wildman–Crippen LogP) is 2.01. The van der Waals surface area contributed by atoms with E-state index >= 15 is 0 Å². The Labute approximate surface area is 151 Å². The van der Waals surface area contributed by atoms with Gasteiger partial charge < -0.3 is 14.4 Å². The second-order valence-corrected chi connectivity index (χ2v) is 6.90. The van der Waals surface area contributed by atoms with Crippen LogP contribution in [-0.2, 0) is 16.1 Å². The van der Waals surface area contributed by atoms with Crippen LogP contribution < -0.4 is 0 Å². The maximum atomic E-state index is 12.5. The molecule has 1 fully saturated rings. The molecule has 0 atom stereocenters. The lowest BCUT2D eigenvalue weighted by molar-refractivity contribution is -0.136. The second kappa shape index (κ2) is 7.74. The van der Waals surface area contributed by atoms with E-state index in [9.17, 15) is 9.59 Å². The van der Waals surface area contributed by atoms with Crippen LogP contribution in [0, 0.1) is 0 Å². The van der Waals surface area contributed by atoms with Crippen molar-refractivity contribution in [3.63, 3.8) is 0 Å². The lowest BCUT2D eigenvalue weighted by Crippen LogP contribution is -2.50. The van der Waals surface area contributed by atoms with E-state index in [2.05, 4.69) is 16.1 Å². The van der Waals surface area contributed by atoms with Crippen LogP contribution in [0.25, 0.3) is 11.0 Å². The van der Waals surface area contributed by atoms with Gasteiger partial charge in [0.2, 0.25) is 11.8 Å². The summed E-state index contributed by atoms with van der Waals surface area (Å²) in [4.78, 5) is 32.1. The number of amides is 2. The Morgan fingerprint density at radius 1 is 1.20 bits per heavy atom. The molecule has 25 heavy (non-hydrogen) atoms. The van der Waals surface area contributed by atoms with Crippen LogP contribution in [0.3, 0.4) is 0 Å². The minimum Gasteiger partial charge on any atom is -0.339 e. The van der Waals surface area contributed by atoms with Crippen LogP contribution in [0.4, 0.5) is 0 Å². The van der Waals surface area contributed by atoms with Crippen LogP contribution in [-0.4, -0.2) is 63.1 Å². The van der Waals surface area contributed by atoms with Crippen molar-refractivity contribution in [2.24, 2.45) is 0 Å². The zero-order chi connectivity index (χ0) is 17.8. The highest BCUT2D eigenvalue weighted by molar-refractivity contribution is 7.99. The van der Waals surface area contributed by atoms with Gasteiger partial charge in [-0.15, -0.1) is 6.58 Å². The van der Waals surface area contributed by atoms with Crippen LogP contribution in [0.2, 0.25) is 0 Å². The average Bonchev–Trinajstić information content (AvgIpc) is 2.98. The molecule has 0 saturated carbocycles. The fraction of sp³-hybridized carbons (Fsp3) is 0.389. The first-order valence-corrected chi connectivity index (χ1v) is 9.31. The highest BCUT2D eigenvalue weighted by Gasteiger charge is 2.23. The lowest BCUT2D eigenvalue weighted by atomic mass is 10.3. The van der Waals surface area contributed by atoms with Gasteiger partial charge in [0.15, 0.2) is 5.16 Å². The van der Waals surface area contributed by atoms with E-state index in [1.165, 1.54) is 11.8 Å². The normalized spacial score (nSPS) is 14.8. The molecule has 2 amide bonds. The molecule has 132 valence electrons. The summed E-state index contributed by atoms with van der Waals surface area (Å²) in [6, 6.07) is 7.94. The molecule has 1 aliphatic heterocycles. The monoisotopic (exact) mass is 358 g/mol. The van der Waals surface area contributed by atoms with Gasteiger partial charge in [-0.25, -0.2) is 4.98 Å². The summed E-state index contributed by atoms with van der Waals surface area (Å²) in [5.41, 5.74) is 1.97. The van der Waals surface area contributed by atoms with Crippen molar-refractivity contribution in [2.45, 2.75) is 18.6 Å². The Kier molecular flexibility index (Phi) is 5.43. The molecule has 2 aromatic rings. The topological polar surface area (TPSA) is 58.4 Å². The maximum Gasteiger partial charge on any atom is 0.233 e. The summed E-state index contributed by atoms with van der Waals surface area (Å²) in [7, 11) is 0. The lowest BCUT2D eigenvalue weighted by Gasteiger charge is -2.34. The molecule has 1 aromatic carbocycles. The Hall–Kier alpha value is -2.28. The Balaban J connectivity index is 1.64. The molecule has 1 aromatic heterocycles. The predicted molar refractivity (Wildman–Crippen MR) is 99.5 cm³/mol. The molecule has 0 radical (unpaired) electrons. The van der Waals surface area contributed by atoms with E-state index in [0.717, 1.165) is 16.2 Å². The number of benzene rings is 1. The Bertz CT molecular complexity index is 793. The van der Waals surface area contributed by atoms with Gasteiger partial charge in [-0.05, 0) is 12.1 Å². The number of rotatable bonds is 5. The number of piperazine rings is 1. The molecule has 1 aliphatic rings. The first kappa shape index (κ1) is 17.5. The van der Waals surface area contributed by atoms with E-state index in [1.807, 2.05) is 35.2 Å². The SMILES string of the molecule is C=CCn1c(SCC(=O)N2CCN(C(C)=O)CC2)nc2ccccc21. The first-order valence-electron chi connectivity index (χ1n) is 8.32. The molecule has 0 bridgehead atoms. The number of nitrogens with zero attached hydrogens (tertiary/aromatic N) is 4. The molecule has 0 spiro atoms. The summed E-state index contributed by atoms with van der Waals surface area (Å²) >= 11 is 1.45. The summed E-state index contributed by atoms with van der Waals surface area (Å²) in [5.74, 6) is 0.505. The van der Waals surface area contributed by atoms with Crippen molar-refractivity contribution in [1.29, 1.82) is 0 Å². The minimum absolute atomic E-state index is 0.0691. The fourth-order valence-corrected chi connectivity index (χ4v) is 3.88. The van der Waals surface area contributed by atoms with Crippen LogP contribution in [0.15, 0.2) is 42.1 Å². The third kappa shape index (κ3) is 3.87. The summed E-state index contributed by atoms with van der Waals surface area (Å²) < 4.78 is 2.08. The molecular formula is C18H22N4O2S. The summed E-state index contributed by atoms with van der Waals surface area (Å²) in [6.07, 6.45) is 1.83. The molecule has 0 aliphatic carbocycles. The third-order valence-corrected chi connectivity index (χ3v) is 5.29. The third-order valence-electron chi connectivity index (χ3n) is 4.33. The van der Waals surface area contributed by atoms with Gasteiger partial charge in [0, 0.05) is 39.6 Å². The number of fused-ring (bicyclic) bond motifs is 1. The van der Waals surface area contributed by atoms with Gasteiger partial charge in [0.25, 0.3) is 0 Å².